The molecule has 6 heteroatoms. The Morgan fingerprint density at radius 2 is 2.13 bits per heavy atom. The van der Waals surface area contributed by atoms with Crippen LogP contribution < -0.4 is 4.90 Å². The molecule has 2 aromatic rings. The lowest BCUT2D eigenvalue weighted by molar-refractivity contribution is 0.108. The van der Waals surface area contributed by atoms with Crippen LogP contribution in [0.15, 0.2) is 36.8 Å². The molecule has 0 N–H and O–H groups in total. The van der Waals surface area contributed by atoms with Crippen molar-refractivity contribution in [3.05, 3.63) is 53.9 Å². The lowest BCUT2D eigenvalue weighted by Crippen LogP contribution is -2.69. The molecule has 5 heterocycles. The fraction of sp³-hybridized carbons (Fsp3) is 0.353. The first-order chi connectivity index (χ1) is 11.2. The Kier molecular flexibility index (Phi) is 3.43. The summed E-state index contributed by atoms with van der Waals surface area (Å²) in [5.74, 6) is -0.291. The molecule has 0 saturated carbocycles. The molecule has 5 rings (SSSR count). The molecule has 3 fully saturated rings. The fourth-order valence-electron chi connectivity index (χ4n) is 3.71. The van der Waals surface area contributed by atoms with Gasteiger partial charge in [-0.25, -0.2) is 9.37 Å². The van der Waals surface area contributed by atoms with Crippen LogP contribution in [0, 0.1) is 17.1 Å². The van der Waals surface area contributed by atoms with Crippen molar-refractivity contribution in [1.82, 2.24) is 14.9 Å². The average molecular weight is 309 g/mol. The number of hydrogen-bond donors (Lipinski definition) is 0. The van der Waals surface area contributed by atoms with Crippen LogP contribution >= 0.6 is 0 Å². The van der Waals surface area contributed by atoms with Crippen LogP contribution in [0.1, 0.15) is 17.7 Å². The Hall–Kier alpha value is -2.52. The lowest BCUT2D eigenvalue weighted by Gasteiger charge is -2.57. The van der Waals surface area contributed by atoms with Crippen molar-refractivity contribution in [1.29, 1.82) is 5.26 Å². The molecule has 3 aliphatic heterocycles. The third-order valence-electron chi connectivity index (χ3n) is 4.61. The molecule has 0 aromatic carbocycles. The smallest absolute Gasteiger partial charge is 0.163 e. The maximum Gasteiger partial charge on any atom is 0.163 e. The SMILES string of the molecule is N#Cc1ncccc1N1C2CC1CN(Cc1cncc(F)c1)C2. The number of hydrogen-bond acceptors (Lipinski definition) is 5. The fourth-order valence-corrected chi connectivity index (χ4v) is 3.71. The molecule has 2 bridgehead atoms. The molecule has 2 atom stereocenters. The van der Waals surface area contributed by atoms with Crippen LogP contribution in [-0.4, -0.2) is 40.0 Å². The standard InChI is InChI=1S/C17H16FN5/c18-13-4-12(7-20-8-13)9-22-10-14-5-15(11-22)23(14)17-2-1-3-21-16(17)6-19/h1-4,7-8,14-15H,5,9-11H2. The van der Waals surface area contributed by atoms with Crippen LogP contribution in [-0.2, 0) is 6.54 Å². The largest absolute Gasteiger partial charge is 0.360 e. The van der Waals surface area contributed by atoms with Gasteiger partial charge in [0.05, 0.1) is 11.9 Å². The quantitative estimate of drug-likeness (QED) is 0.867. The minimum atomic E-state index is -0.291. The van der Waals surface area contributed by atoms with Gasteiger partial charge in [-0.3, -0.25) is 9.88 Å². The highest BCUT2D eigenvalue weighted by Gasteiger charge is 2.45. The summed E-state index contributed by atoms with van der Waals surface area (Å²) in [5.41, 5.74) is 2.32. The molecule has 3 aliphatic rings. The van der Waals surface area contributed by atoms with Crippen molar-refractivity contribution in [2.45, 2.75) is 25.0 Å². The van der Waals surface area contributed by atoms with Crippen molar-refractivity contribution >= 4 is 5.69 Å². The maximum absolute atomic E-state index is 13.2. The van der Waals surface area contributed by atoms with E-state index in [1.54, 1.807) is 18.5 Å². The van der Waals surface area contributed by atoms with Crippen LogP contribution in [0.5, 0.6) is 0 Å². The first-order valence-electron chi connectivity index (χ1n) is 7.70. The zero-order chi connectivity index (χ0) is 15.8. The van der Waals surface area contributed by atoms with Gasteiger partial charge >= 0.3 is 0 Å². The van der Waals surface area contributed by atoms with Crippen molar-refractivity contribution in [2.75, 3.05) is 18.0 Å². The van der Waals surface area contributed by atoms with Gasteiger partial charge in [0.2, 0.25) is 0 Å². The summed E-state index contributed by atoms with van der Waals surface area (Å²) >= 11 is 0. The van der Waals surface area contributed by atoms with Gasteiger partial charge in [-0.1, -0.05) is 0 Å². The highest BCUT2D eigenvalue weighted by atomic mass is 19.1. The number of pyridine rings is 2. The van der Waals surface area contributed by atoms with E-state index in [0.29, 0.717) is 24.3 Å². The summed E-state index contributed by atoms with van der Waals surface area (Å²) in [6, 6.07) is 8.35. The summed E-state index contributed by atoms with van der Waals surface area (Å²) < 4.78 is 13.2. The Bertz CT molecular complexity index is 760. The molecule has 3 saturated heterocycles. The van der Waals surface area contributed by atoms with Crippen molar-refractivity contribution in [3.63, 3.8) is 0 Å². The molecule has 116 valence electrons. The molecule has 5 nitrogen and oxygen atoms in total. The van der Waals surface area contributed by atoms with E-state index in [2.05, 4.69) is 25.8 Å². The van der Waals surface area contributed by atoms with E-state index in [0.717, 1.165) is 30.8 Å². The maximum atomic E-state index is 13.2. The molecule has 23 heavy (non-hydrogen) atoms. The first kappa shape index (κ1) is 14.1. The van der Waals surface area contributed by atoms with Gasteiger partial charge in [0.1, 0.15) is 11.9 Å². The molecular weight excluding hydrogens is 293 g/mol. The van der Waals surface area contributed by atoms with E-state index < -0.39 is 0 Å². The summed E-state index contributed by atoms with van der Waals surface area (Å²) in [6.45, 7) is 2.53. The number of fused-ring (bicyclic) bond motifs is 2. The minimum absolute atomic E-state index is 0.291. The average Bonchev–Trinajstić information content (AvgIpc) is 2.55. The van der Waals surface area contributed by atoms with Gasteiger partial charge in [-0.2, -0.15) is 5.26 Å². The molecule has 0 aliphatic carbocycles. The number of nitriles is 1. The molecule has 2 aromatic heterocycles. The minimum Gasteiger partial charge on any atom is -0.360 e. The van der Waals surface area contributed by atoms with E-state index in [9.17, 15) is 9.65 Å². The number of aromatic nitrogens is 2. The zero-order valence-corrected chi connectivity index (χ0v) is 12.6. The Morgan fingerprint density at radius 3 is 2.87 bits per heavy atom. The highest BCUT2D eigenvalue weighted by molar-refractivity contribution is 5.60. The molecule has 2 unspecified atom stereocenters. The number of piperazine rings is 1. The lowest BCUT2D eigenvalue weighted by atomic mass is 9.86. The number of rotatable bonds is 3. The van der Waals surface area contributed by atoms with E-state index in [-0.39, 0.29) is 5.82 Å². The van der Waals surface area contributed by atoms with E-state index >= 15 is 0 Å². The summed E-state index contributed by atoms with van der Waals surface area (Å²) in [5, 5.41) is 9.23. The van der Waals surface area contributed by atoms with Crippen LogP contribution in [0.25, 0.3) is 0 Å². The molecule has 0 amide bonds. The molecular formula is C17H16FN5. The normalized spacial score (nSPS) is 23.2. The summed E-state index contributed by atoms with van der Waals surface area (Å²) in [6.07, 6.45) is 5.74. The second-order valence-corrected chi connectivity index (χ2v) is 6.14. The number of halogens is 1. The highest BCUT2D eigenvalue weighted by Crippen LogP contribution is 2.38. The predicted octanol–water partition coefficient (Wildman–Crippen LogP) is 1.95. The first-order valence-corrected chi connectivity index (χ1v) is 7.70. The number of piperidine rings is 1. The van der Waals surface area contributed by atoms with Crippen LogP contribution in [0.4, 0.5) is 10.1 Å². The van der Waals surface area contributed by atoms with Gasteiger partial charge < -0.3 is 4.90 Å². The van der Waals surface area contributed by atoms with Gasteiger partial charge in [0, 0.05) is 44.1 Å². The van der Waals surface area contributed by atoms with Gasteiger partial charge in [0.15, 0.2) is 5.69 Å². The van der Waals surface area contributed by atoms with E-state index in [4.69, 9.17) is 0 Å². The second kappa shape index (κ2) is 5.60. The summed E-state index contributed by atoms with van der Waals surface area (Å²) in [4.78, 5) is 12.7. The van der Waals surface area contributed by atoms with Crippen LogP contribution in [0.3, 0.4) is 0 Å². The van der Waals surface area contributed by atoms with Crippen LogP contribution in [0.2, 0.25) is 0 Å². The van der Waals surface area contributed by atoms with Gasteiger partial charge in [-0.05, 0) is 30.2 Å². The topological polar surface area (TPSA) is 56.1 Å². The Morgan fingerprint density at radius 1 is 1.30 bits per heavy atom. The van der Waals surface area contributed by atoms with E-state index in [1.165, 1.54) is 6.20 Å². The van der Waals surface area contributed by atoms with E-state index in [1.807, 2.05) is 12.1 Å². The van der Waals surface area contributed by atoms with Crippen molar-refractivity contribution < 1.29 is 4.39 Å². The van der Waals surface area contributed by atoms with Gasteiger partial charge in [0.25, 0.3) is 0 Å². The molecule has 0 radical (unpaired) electrons. The number of anilines is 1. The predicted molar refractivity (Wildman–Crippen MR) is 83.1 cm³/mol. The van der Waals surface area contributed by atoms with Crippen molar-refractivity contribution in [3.8, 4) is 6.07 Å². The number of nitrogens with zero attached hydrogens (tertiary/aromatic N) is 5. The zero-order valence-electron chi connectivity index (χ0n) is 12.6. The molecule has 0 spiro atoms. The third kappa shape index (κ3) is 2.53. The Labute approximate surface area is 134 Å². The second-order valence-electron chi connectivity index (χ2n) is 6.14. The third-order valence-corrected chi connectivity index (χ3v) is 4.61. The Balaban J connectivity index is 1.47. The monoisotopic (exact) mass is 309 g/mol. The summed E-state index contributed by atoms with van der Waals surface area (Å²) in [7, 11) is 0. The van der Waals surface area contributed by atoms with Crippen molar-refractivity contribution in [2.24, 2.45) is 0 Å². The van der Waals surface area contributed by atoms with Gasteiger partial charge in [-0.15, -0.1) is 0 Å².